The van der Waals surface area contributed by atoms with Gasteiger partial charge >= 0.3 is 5.97 Å². The van der Waals surface area contributed by atoms with Crippen molar-refractivity contribution in [1.82, 2.24) is 0 Å². The Bertz CT molecular complexity index is 297. The summed E-state index contributed by atoms with van der Waals surface area (Å²) in [5.74, 6) is -0.586. The van der Waals surface area contributed by atoms with Crippen LogP contribution in [0.4, 0.5) is 0 Å². The van der Waals surface area contributed by atoms with Gasteiger partial charge in [0.15, 0.2) is 0 Å². The molecule has 4 atom stereocenters. The maximum Gasteiger partial charge on any atom is 0.330 e. The van der Waals surface area contributed by atoms with Crippen LogP contribution in [0.3, 0.4) is 0 Å². The van der Waals surface area contributed by atoms with Crippen LogP contribution < -0.4 is 0 Å². The van der Waals surface area contributed by atoms with Crippen LogP contribution in [0.15, 0.2) is 12.7 Å². The molecule has 7 heteroatoms. The van der Waals surface area contributed by atoms with Crippen LogP contribution in [0.2, 0.25) is 0 Å². The van der Waals surface area contributed by atoms with E-state index in [1.54, 1.807) is 0 Å². The van der Waals surface area contributed by atoms with E-state index < -0.39 is 18.2 Å². The van der Waals surface area contributed by atoms with Crippen molar-refractivity contribution in [2.24, 2.45) is 0 Å². The van der Waals surface area contributed by atoms with Gasteiger partial charge < -0.3 is 29.2 Å². The molecule has 0 spiro atoms. The number of hydrogen-bond donors (Lipinski definition) is 2. The average Bonchev–Trinajstić information content (AvgIpc) is 2.75. The fraction of sp³-hybridized carbons (Fsp3) is 0.769. The minimum Gasteiger partial charge on any atom is -0.460 e. The zero-order valence-corrected chi connectivity index (χ0v) is 11.6. The van der Waals surface area contributed by atoms with Crippen LogP contribution in [0, 0.1) is 0 Å². The normalized spacial score (nSPS) is 27.2. The molecule has 1 fully saturated rings. The van der Waals surface area contributed by atoms with Crippen molar-refractivity contribution < 1.29 is 34.0 Å². The lowest BCUT2D eigenvalue weighted by Gasteiger charge is -2.18. The Kier molecular flexibility index (Phi) is 7.71. The van der Waals surface area contributed by atoms with E-state index in [2.05, 4.69) is 11.3 Å². The topological polar surface area (TPSA) is 94.5 Å². The van der Waals surface area contributed by atoms with E-state index in [-0.39, 0.29) is 45.2 Å². The Hall–Kier alpha value is -0.990. The SMILES string of the molecule is C=CC(=O)OCC(O)COCCOC1C(O)COC1C. The van der Waals surface area contributed by atoms with Crippen molar-refractivity contribution in [3.8, 4) is 0 Å². The Morgan fingerprint density at radius 2 is 2.25 bits per heavy atom. The molecule has 0 aliphatic carbocycles. The van der Waals surface area contributed by atoms with Gasteiger partial charge in [-0.3, -0.25) is 0 Å². The summed E-state index contributed by atoms with van der Waals surface area (Å²) in [5.41, 5.74) is 0. The summed E-state index contributed by atoms with van der Waals surface area (Å²) in [4.78, 5) is 10.8. The highest BCUT2D eigenvalue weighted by atomic mass is 16.6. The number of esters is 1. The largest absolute Gasteiger partial charge is 0.460 e. The second-order valence-electron chi connectivity index (χ2n) is 4.50. The molecule has 0 amide bonds. The highest BCUT2D eigenvalue weighted by molar-refractivity contribution is 5.81. The molecular formula is C13H22O7. The van der Waals surface area contributed by atoms with Crippen molar-refractivity contribution in [2.75, 3.05) is 33.0 Å². The van der Waals surface area contributed by atoms with Gasteiger partial charge in [-0.25, -0.2) is 4.79 Å². The third-order valence-electron chi connectivity index (χ3n) is 2.80. The van der Waals surface area contributed by atoms with E-state index in [1.165, 1.54) is 0 Å². The highest BCUT2D eigenvalue weighted by Crippen LogP contribution is 2.16. The van der Waals surface area contributed by atoms with E-state index in [0.29, 0.717) is 0 Å². The second kappa shape index (κ2) is 9.04. The molecule has 2 N–H and O–H groups in total. The molecule has 0 bridgehead atoms. The highest BCUT2D eigenvalue weighted by Gasteiger charge is 2.33. The molecule has 4 unspecified atom stereocenters. The van der Waals surface area contributed by atoms with E-state index in [1.807, 2.05) is 6.92 Å². The Balaban J connectivity index is 2.01. The zero-order valence-electron chi connectivity index (χ0n) is 11.6. The van der Waals surface area contributed by atoms with Crippen LogP contribution in [0.1, 0.15) is 6.92 Å². The Morgan fingerprint density at radius 1 is 1.50 bits per heavy atom. The summed E-state index contributed by atoms with van der Waals surface area (Å²) in [7, 11) is 0. The monoisotopic (exact) mass is 290 g/mol. The molecule has 20 heavy (non-hydrogen) atoms. The second-order valence-corrected chi connectivity index (χ2v) is 4.50. The predicted octanol–water partition coefficient (Wildman–Crippen LogP) is -0.742. The third-order valence-corrected chi connectivity index (χ3v) is 2.80. The maximum atomic E-state index is 10.8. The third kappa shape index (κ3) is 5.98. The minimum absolute atomic E-state index is 0.0348. The van der Waals surface area contributed by atoms with Gasteiger partial charge in [0.1, 0.15) is 24.9 Å². The summed E-state index contributed by atoms with van der Waals surface area (Å²) >= 11 is 0. The van der Waals surface area contributed by atoms with E-state index in [0.717, 1.165) is 6.08 Å². The molecule has 0 radical (unpaired) electrons. The number of aliphatic hydroxyl groups is 2. The van der Waals surface area contributed by atoms with Crippen LogP contribution in [0.5, 0.6) is 0 Å². The Labute approximate surface area is 118 Å². The maximum absolute atomic E-state index is 10.8. The van der Waals surface area contributed by atoms with Gasteiger partial charge in [0.25, 0.3) is 0 Å². The van der Waals surface area contributed by atoms with Crippen molar-refractivity contribution in [1.29, 1.82) is 0 Å². The van der Waals surface area contributed by atoms with Gasteiger partial charge in [0, 0.05) is 6.08 Å². The lowest BCUT2D eigenvalue weighted by molar-refractivity contribution is -0.142. The predicted molar refractivity (Wildman–Crippen MR) is 69.1 cm³/mol. The van der Waals surface area contributed by atoms with Gasteiger partial charge in [0.05, 0.1) is 32.5 Å². The number of carbonyl (C=O) groups is 1. The van der Waals surface area contributed by atoms with Crippen molar-refractivity contribution >= 4 is 5.97 Å². The number of ether oxygens (including phenoxy) is 4. The molecule has 0 aromatic carbocycles. The zero-order chi connectivity index (χ0) is 15.0. The quantitative estimate of drug-likeness (QED) is 0.328. The van der Waals surface area contributed by atoms with Gasteiger partial charge in [-0.2, -0.15) is 0 Å². The van der Waals surface area contributed by atoms with Crippen molar-refractivity contribution in [3.05, 3.63) is 12.7 Å². The van der Waals surface area contributed by atoms with Crippen molar-refractivity contribution in [2.45, 2.75) is 31.3 Å². The first-order valence-electron chi connectivity index (χ1n) is 6.51. The van der Waals surface area contributed by atoms with E-state index >= 15 is 0 Å². The molecule has 1 heterocycles. The van der Waals surface area contributed by atoms with Crippen LogP contribution in [-0.4, -0.2) is 73.6 Å². The van der Waals surface area contributed by atoms with E-state index in [9.17, 15) is 15.0 Å². The molecule has 0 saturated carbocycles. The number of rotatable bonds is 9. The first kappa shape index (κ1) is 17.1. The van der Waals surface area contributed by atoms with Crippen LogP contribution in [0.25, 0.3) is 0 Å². The lowest BCUT2D eigenvalue weighted by Crippen LogP contribution is -2.33. The molecule has 1 rings (SSSR count). The summed E-state index contributed by atoms with van der Waals surface area (Å²) < 4.78 is 20.5. The van der Waals surface area contributed by atoms with Crippen LogP contribution >= 0.6 is 0 Å². The van der Waals surface area contributed by atoms with Crippen molar-refractivity contribution in [3.63, 3.8) is 0 Å². The smallest absolute Gasteiger partial charge is 0.330 e. The first-order chi connectivity index (χ1) is 9.54. The summed E-state index contributed by atoms with van der Waals surface area (Å²) in [6, 6.07) is 0. The molecule has 7 nitrogen and oxygen atoms in total. The van der Waals surface area contributed by atoms with Crippen LogP contribution in [-0.2, 0) is 23.7 Å². The first-order valence-corrected chi connectivity index (χ1v) is 6.51. The fourth-order valence-corrected chi connectivity index (χ4v) is 1.75. The van der Waals surface area contributed by atoms with E-state index in [4.69, 9.17) is 14.2 Å². The summed E-state index contributed by atoms with van der Waals surface area (Å²) in [5, 5.41) is 19.0. The molecule has 0 aromatic rings. The molecule has 116 valence electrons. The molecule has 1 saturated heterocycles. The van der Waals surface area contributed by atoms with Gasteiger partial charge in [0.2, 0.25) is 0 Å². The average molecular weight is 290 g/mol. The van der Waals surface area contributed by atoms with Gasteiger partial charge in [-0.1, -0.05) is 6.58 Å². The standard InChI is InChI=1S/C13H22O7/c1-3-12(16)20-7-10(14)6-17-4-5-18-13-9(2)19-8-11(13)15/h3,9-11,13-15H,1,4-8H2,2H3. The number of hydrogen-bond acceptors (Lipinski definition) is 7. The minimum atomic E-state index is -0.891. The number of aliphatic hydroxyl groups excluding tert-OH is 2. The molecule has 0 aromatic heterocycles. The summed E-state index contributed by atoms with van der Waals surface area (Å²) in [6.07, 6.45) is -0.976. The van der Waals surface area contributed by atoms with Gasteiger partial charge in [-0.15, -0.1) is 0 Å². The molecular weight excluding hydrogens is 268 g/mol. The number of carbonyl (C=O) groups excluding carboxylic acids is 1. The molecule has 1 aliphatic rings. The molecule has 1 aliphatic heterocycles. The Morgan fingerprint density at radius 3 is 2.85 bits per heavy atom. The lowest BCUT2D eigenvalue weighted by atomic mass is 10.2. The van der Waals surface area contributed by atoms with Gasteiger partial charge in [-0.05, 0) is 6.92 Å². The summed E-state index contributed by atoms with van der Waals surface area (Å²) in [6.45, 7) is 5.80. The fourth-order valence-electron chi connectivity index (χ4n) is 1.75.